The monoisotopic (exact) mass is 357 g/mol. The maximum Gasteiger partial charge on any atom is 0.332 e. The third-order valence-corrected chi connectivity index (χ3v) is 3.58. The predicted molar refractivity (Wildman–Crippen MR) is 101 cm³/mol. The number of thiocarbonyl (C=S) groups is 1. The van der Waals surface area contributed by atoms with Crippen LogP contribution in [0.5, 0.6) is 0 Å². The number of carbonyl (C=O) groups is 2. The van der Waals surface area contributed by atoms with E-state index in [0.717, 1.165) is 24.6 Å². The van der Waals surface area contributed by atoms with Crippen molar-refractivity contribution in [1.82, 2.24) is 5.01 Å². The average molecular weight is 357 g/mol. The number of methoxy groups -OCH3 is 1. The van der Waals surface area contributed by atoms with E-state index >= 15 is 0 Å². The number of para-hydroxylation sites is 1. The zero-order valence-corrected chi connectivity index (χ0v) is 14.9. The van der Waals surface area contributed by atoms with Gasteiger partial charge in [-0.05, 0) is 36.8 Å². The molecular weight excluding hydrogens is 338 g/mol. The Morgan fingerprint density at radius 1 is 1.36 bits per heavy atom. The van der Waals surface area contributed by atoms with Crippen molar-refractivity contribution < 1.29 is 14.3 Å². The number of anilines is 1. The smallest absolute Gasteiger partial charge is 0.332 e. The molecule has 0 atom stereocenters. The van der Waals surface area contributed by atoms with E-state index in [1.165, 1.54) is 12.1 Å². The second kappa shape index (κ2) is 8.89. The Morgan fingerprint density at radius 2 is 2.08 bits per heavy atom. The van der Waals surface area contributed by atoms with Gasteiger partial charge in [0.15, 0.2) is 5.11 Å². The highest BCUT2D eigenvalue weighted by molar-refractivity contribution is 7.80. The molecule has 0 saturated carbocycles. The summed E-state index contributed by atoms with van der Waals surface area (Å²) < 4.78 is 4.61. The highest BCUT2D eigenvalue weighted by Gasteiger charge is 2.32. The number of nitrogens with one attached hydrogen (secondary N) is 1. The molecule has 0 fully saturated rings. The Bertz CT molecular complexity index is 754. The summed E-state index contributed by atoms with van der Waals surface area (Å²) in [6.45, 7) is 2.04. The Morgan fingerprint density at radius 3 is 2.72 bits per heavy atom. The van der Waals surface area contributed by atoms with Crippen molar-refractivity contribution in [3.63, 3.8) is 0 Å². The lowest BCUT2D eigenvalue weighted by Gasteiger charge is -2.17. The summed E-state index contributed by atoms with van der Waals surface area (Å²) in [5.74, 6) is -1.03. The Hall–Kier alpha value is -2.80. The summed E-state index contributed by atoms with van der Waals surface area (Å²) in [5, 5.41) is 8.67. The number of hydrogen-bond acceptors (Lipinski definition) is 5. The zero-order chi connectivity index (χ0) is 18.2. The van der Waals surface area contributed by atoms with Gasteiger partial charge in [-0.3, -0.25) is 4.79 Å². The molecule has 0 bridgehead atoms. The number of unbranched alkanes of at least 4 members (excludes halogenated alkanes) is 1. The fraction of sp³-hybridized carbons (Fsp3) is 0.222. The molecule has 0 unspecified atom stereocenters. The normalized spacial score (nSPS) is 15.6. The van der Waals surface area contributed by atoms with Crippen molar-refractivity contribution in [2.24, 2.45) is 5.10 Å². The highest BCUT2D eigenvalue weighted by Crippen LogP contribution is 2.19. The number of ketones is 1. The van der Waals surface area contributed by atoms with E-state index in [1.54, 1.807) is 6.08 Å². The van der Waals surface area contributed by atoms with E-state index < -0.39 is 5.97 Å². The van der Waals surface area contributed by atoms with Crippen LogP contribution in [-0.2, 0) is 14.3 Å². The molecule has 130 valence electrons. The largest absolute Gasteiger partial charge is 0.466 e. The fourth-order valence-corrected chi connectivity index (χ4v) is 2.31. The Labute approximate surface area is 151 Å². The van der Waals surface area contributed by atoms with Gasteiger partial charge in [0.2, 0.25) is 5.78 Å². The summed E-state index contributed by atoms with van der Waals surface area (Å²) >= 11 is 5.34. The van der Waals surface area contributed by atoms with Crippen LogP contribution in [0.4, 0.5) is 5.69 Å². The molecule has 0 aliphatic carbocycles. The van der Waals surface area contributed by atoms with Crippen LogP contribution in [0, 0.1) is 0 Å². The molecule has 1 N–H and O–H groups in total. The van der Waals surface area contributed by atoms with Gasteiger partial charge in [-0.25, -0.2) is 9.80 Å². The maximum atomic E-state index is 12.5. The van der Waals surface area contributed by atoms with Gasteiger partial charge in [0, 0.05) is 5.69 Å². The lowest BCUT2D eigenvalue weighted by atomic mass is 10.1. The van der Waals surface area contributed by atoms with Crippen molar-refractivity contribution in [3.8, 4) is 0 Å². The molecular formula is C18H19N3O3S. The molecule has 1 heterocycles. The van der Waals surface area contributed by atoms with Crippen LogP contribution in [0.3, 0.4) is 0 Å². The molecule has 0 amide bonds. The number of benzene rings is 1. The molecule has 7 heteroatoms. The molecule has 1 aromatic rings. The number of Topliss-reactive ketones (excluding diaryl/α,β-unsaturated/α-hetero) is 1. The minimum atomic E-state index is -0.648. The average Bonchev–Trinajstić information content (AvgIpc) is 2.92. The lowest BCUT2D eigenvalue weighted by molar-refractivity contribution is -0.135. The Balaban J connectivity index is 2.28. The van der Waals surface area contributed by atoms with Crippen LogP contribution in [0.1, 0.15) is 19.8 Å². The van der Waals surface area contributed by atoms with Crippen LogP contribution in [0.25, 0.3) is 0 Å². The van der Waals surface area contributed by atoms with Gasteiger partial charge >= 0.3 is 5.97 Å². The molecule has 0 spiro atoms. The van der Waals surface area contributed by atoms with Gasteiger partial charge < -0.3 is 10.1 Å². The minimum absolute atomic E-state index is 0.0522. The second-order valence-electron chi connectivity index (χ2n) is 5.17. The van der Waals surface area contributed by atoms with Crippen molar-refractivity contribution in [2.75, 3.05) is 12.4 Å². The maximum absolute atomic E-state index is 12.5. The summed E-state index contributed by atoms with van der Waals surface area (Å²) in [7, 11) is 1.24. The summed E-state index contributed by atoms with van der Waals surface area (Å²) in [4.78, 5) is 24.1. The van der Waals surface area contributed by atoms with Gasteiger partial charge in [0.05, 0.1) is 13.2 Å². The van der Waals surface area contributed by atoms with E-state index in [4.69, 9.17) is 12.2 Å². The number of allylic oxidation sites excluding steroid dienone is 3. The molecule has 1 aliphatic rings. The van der Waals surface area contributed by atoms with Gasteiger partial charge in [-0.2, -0.15) is 5.10 Å². The van der Waals surface area contributed by atoms with Crippen molar-refractivity contribution >= 4 is 40.5 Å². The molecule has 25 heavy (non-hydrogen) atoms. The van der Waals surface area contributed by atoms with Gasteiger partial charge in [0.25, 0.3) is 0 Å². The van der Waals surface area contributed by atoms with E-state index in [1.807, 2.05) is 43.3 Å². The quantitative estimate of drug-likeness (QED) is 0.496. The minimum Gasteiger partial charge on any atom is -0.466 e. The van der Waals surface area contributed by atoms with Gasteiger partial charge in [-0.1, -0.05) is 37.6 Å². The molecule has 1 aliphatic heterocycles. The third kappa shape index (κ3) is 4.84. The van der Waals surface area contributed by atoms with Gasteiger partial charge in [0.1, 0.15) is 11.4 Å². The lowest BCUT2D eigenvalue weighted by Crippen LogP contribution is -2.29. The number of esters is 1. The first kappa shape index (κ1) is 18.5. The van der Waals surface area contributed by atoms with E-state index in [0.29, 0.717) is 0 Å². The third-order valence-electron chi connectivity index (χ3n) is 3.31. The van der Waals surface area contributed by atoms with Crippen LogP contribution in [-0.4, -0.2) is 34.7 Å². The number of rotatable bonds is 5. The van der Waals surface area contributed by atoms with Crippen LogP contribution < -0.4 is 5.32 Å². The summed E-state index contributed by atoms with van der Waals surface area (Å²) in [6, 6.07) is 9.26. The zero-order valence-electron chi connectivity index (χ0n) is 14.1. The number of carbonyl (C=O) groups excluding carboxylic acids is 2. The summed E-state index contributed by atoms with van der Waals surface area (Å²) in [5.41, 5.74) is 1.03. The van der Waals surface area contributed by atoms with Crippen LogP contribution in [0.2, 0.25) is 0 Å². The number of hydrogen-bond donors (Lipinski definition) is 1. The van der Waals surface area contributed by atoms with E-state index in [-0.39, 0.29) is 22.3 Å². The topological polar surface area (TPSA) is 71.0 Å². The predicted octanol–water partition coefficient (Wildman–Crippen LogP) is 3.04. The van der Waals surface area contributed by atoms with Crippen molar-refractivity contribution in [1.29, 1.82) is 0 Å². The molecule has 6 nitrogen and oxygen atoms in total. The van der Waals surface area contributed by atoms with Crippen molar-refractivity contribution in [3.05, 3.63) is 54.3 Å². The number of ether oxygens (including phenoxy) is 1. The first-order valence-corrected chi connectivity index (χ1v) is 8.23. The second-order valence-corrected chi connectivity index (χ2v) is 5.55. The fourth-order valence-electron chi connectivity index (χ4n) is 2.06. The number of hydrazone groups is 1. The molecule has 0 aromatic heterocycles. The Kier molecular flexibility index (Phi) is 6.59. The number of nitrogens with zero attached hydrogens (tertiary/aromatic N) is 2. The van der Waals surface area contributed by atoms with E-state index in [9.17, 15) is 9.59 Å². The van der Waals surface area contributed by atoms with Gasteiger partial charge in [-0.15, -0.1) is 0 Å². The van der Waals surface area contributed by atoms with E-state index in [2.05, 4.69) is 15.2 Å². The highest BCUT2D eigenvalue weighted by atomic mass is 32.1. The molecule has 0 saturated heterocycles. The summed E-state index contributed by atoms with van der Waals surface area (Å²) in [6.07, 6.45) is 6.38. The van der Waals surface area contributed by atoms with Crippen molar-refractivity contribution in [2.45, 2.75) is 19.8 Å². The first-order valence-electron chi connectivity index (χ1n) is 7.82. The first-order chi connectivity index (χ1) is 12.1. The molecule has 2 rings (SSSR count). The standard InChI is InChI=1S/C18H19N3O3S/c1-3-4-6-11-14-17(23)15(12-16(22)24-2)21(20-14)18(25)19-13-9-7-5-8-10-13/h5-12H,3-4H2,1-2H3,(H,19,25)/b11-6+,15-12+. The van der Waals surface area contributed by atoms with Crippen LogP contribution in [0.15, 0.2) is 59.4 Å². The SMILES string of the molecule is CCC/C=C/C1=NN(C(=S)Nc2ccccc2)/C(=C/C(=O)OC)C1=O. The molecule has 1 aromatic carbocycles. The van der Waals surface area contributed by atoms with Crippen LogP contribution >= 0.6 is 12.2 Å². The molecule has 0 radical (unpaired) electrons.